The molecule has 1 N–H and O–H groups in total. The minimum Gasteiger partial charge on any atom is -0.273 e. The van der Waals surface area contributed by atoms with Crippen LogP contribution in [0.25, 0.3) is 0 Å². The van der Waals surface area contributed by atoms with Crippen LogP contribution < -0.4 is 10.4 Å². The van der Waals surface area contributed by atoms with Crippen LogP contribution in [0.5, 0.6) is 0 Å². The molecule has 0 amide bonds. The Bertz CT molecular complexity index is 360. The summed E-state index contributed by atoms with van der Waals surface area (Å²) in [5.74, 6) is 0.443. The van der Waals surface area contributed by atoms with Crippen LogP contribution in [0.3, 0.4) is 0 Å². The highest BCUT2D eigenvalue weighted by molar-refractivity contribution is 6.25. The Morgan fingerprint density at radius 1 is 1.56 bits per heavy atom. The molecule has 0 aliphatic rings. The first kappa shape index (κ1) is 12.6. The zero-order valence-electron chi connectivity index (χ0n) is 9.18. The fourth-order valence-electron chi connectivity index (χ4n) is 1.09. The standard InChI is InChI=1S/C9H13ClN6/c1-3-15-16(5-9(2,10)4-11)8-13-6-12-7-14-8/h6-7,15H,3,5H2,1-2H3. The Kier molecular flexibility index (Phi) is 4.40. The predicted molar refractivity (Wildman–Crippen MR) is 60.7 cm³/mol. The van der Waals surface area contributed by atoms with Crippen LogP contribution in [0, 0.1) is 11.3 Å². The molecule has 0 aliphatic carbocycles. The monoisotopic (exact) mass is 240 g/mol. The molecule has 6 nitrogen and oxygen atoms in total. The van der Waals surface area contributed by atoms with Crippen LogP contribution in [0.1, 0.15) is 13.8 Å². The van der Waals surface area contributed by atoms with Gasteiger partial charge in [-0.3, -0.25) is 5.01 Å². The number of nitrogens with one attached hydrogen (secondary N) is 1. The molecule has 16 heavy (non-hydrogen) atoms. The number of anilines is 1. The van der Waals surface area contributed by atoms with E-state index in [9.17, 15) is 0 Å². The van der Waals surface area contributed by atoms with Gasteiger partial charge in [-0.2, -0.15) is 5.26 Å². The average molecular weight is 241 g/mol. The van der Waals surface area contributed by atoms with Crippen LogP contribution in [0.4, 0.5) is 5.95 Å². The molecule has 0 aromatic carbocycles. The van der Waals surface area contributed by atoms with Crippen molar-refractivity contribution in [2.45, 2.75) is 18.7 Å². The number of hydrogen-bond acceptors (Lipinski definition) is 6. The third-order valence-corrected chi connectivity index (χ3v) is 1.96. The molecule has 1 atom stereocenters. The third kappa shape index (κ3) is 3.61. The molecule has 1 aromatic rings. The van der Waals surface area contributed by atoms with Crippen molar-refractivity contribution >= 4 is 17.5 Å². The highest BCUT2D eigenvalue weighted by Crippen LogP contribution is 2.15. The Balaban J connectivity index is 2.81. The van der Waals surface area contributed by atoms with E-state index in [2.05, 4.69) is 20.4 Å². The minimum atomic E-state index is -0.991. The van der Waals surface area contributed by atoms with Gasteiger partial charge < -0.3 is 0 Å². The second-order valence-electron chi connectivity index (χ2n) is 3.35. The van der Waals surface area contributed by atoms with E-state index in [1.54, 1.807) is 11.9 Å². The second kappa shape index (κ2) is 5.58. The molecule has 0 fully saturated rings. The van der Waals surface area contributed by atoms with Gasteiger partial charge in [-0.1, -0.05) is 6.92 Å². The van der Waals surface area contributed by atoms with Crippen molar-refractivity contribution in [2.24, 2.45) is 0 Å². The van der Waals surface area contributed by atoms with Crippen LogP contribution in [0.15, 0.2) is 12.7 Å². The average Bonchev–Trinajstić information content (AvgIpc) is 2.29. The summed E-state index contributed by atoms with van der Waals surface area (Å²) in [5.41, 5.74) is 3.03. The molecular weight excluding hydrogens is 228 g/mol. The van der Waals surface area contributed by atoms with Crippen LogP contribution in [-0.4, -0.2) is 32.9 Å². The van der Waals surface area contributed by atoms with Crippen molar-refractivity contribution in [1.29, 1.82) is 5.26 Å². The van der Waals surface area contributed by atoms with Gasteiger partial charge in [-0.15, -0.1) is 11.6 Å². The zero-order chi connectivity index (χ0) is 12.0. The molecule has 0 spiro atoms. The minimum absolute atomic E-state index is 0.281. The maximum atomic E-state index is 8.87. The summed E-state index contributed by atoms with van der Waals surface area (Å²) in [5, 5.41) is 10.5. The number of halogens is 1. The van der Waals surface area contributed by atoms with E-state index in [0.717, 1.165) is 0 Å². The number of nitrogens with zero attached hydrogens (tertiary/aromatic N) is 5. The lowest BCUT2D eigenvalue weighted by Gasteiger charge is -2.26. The number of hydrazine groups is 1. The van der Waals surface area contributed by atoms with Gasteiger partial charge in [0, 0.05) is 6.54 Å². The Hall–Kier alpha value is -1.45. The molecule has 0 radical (unpaired) electrons. The number of hydrogen-bond donors (Lipinski definition) is 1. The molecule has 1 unspecified atom stereocenters. The van der Waals surface area contributed by atoms with Gasteiger partial charge in [0.25, 0.3) is 0 Å². The molecule has 86 valence electrons. The normalized spacial score (nSPS) is 13.9. The number of nitriles is 1. The molecule has 7 heteroatoms. The molecule has 0 saturated heterocycles. The van der Waals surface area contributed by atoms with Crippen molar-refractivity contribution in [3.05, 3.63) is 12.7 Å². The SMILES string of the molecule is CCNN(CC(C)(Cl)C#N)c1ncncn1. The molecule has 1 heterocycles. The first-order valence-corrected chi connectivity index (χ1v) is 5.20. The lowest BCUT2D eigenvalue weighted by Crippen LogP contribution is -2.46. The summed E-state index contributed by atoms with van der Waals surface area (Å²) < 4.78 is 0. The molecule has 0 aliphatic heterocycles. The first-order valence-electron chi connectivity index (χ1n) is 4.82. The van der Waals surface area contributed by atoms with Gasteiger partial charge in [0.05, 0.1) is 12.6 Å². The van der Waals surface area contributed by atoms with E-state index in [0.29, 0.717) is 12.5 Å². The largest absolute Gasteiger partial charge is 0.273 e. The van der Waals surface area contributed by atoms with E-state index in [4.69, 9.17) is 16.9 Å². The van der Waals surface area contributed by atoms with Gasteiger partial charge >= 0.3 is 0 Å². The first-order chi connectivity index (χ1) is 7.59. The quantitative estimate of drug-likeness (QED) is 0.604. The lowest BCUT2D eigenvalue weighted by atomic mass is 10.2. The van der Waals surface area contributed by atoms with Crippen LogP contribution >= 0.6 is 11.6 Å². The zero-order valence-corrected chi connectivity index (χ0v) is 9.94. The molecular formula is C9H13ClN6. The highest BCUT2D eigenvalue weighted by atomic mass is 35.5. The molecule has 0 saturated carbocycles. The summed E-state index contributed by atoms with van der Waals surface area (Å²) >= 11 is 5.99. The van der Waals surface area contributed by atoms with Gasteiger partial charge in [0.2, 0.25) is 5.95 Å². The highest BCUT2D eigenvalue weighted by Gasteiger charge is 2.25. The van der Waals surface area contributed by atoms with Crippen LogP contribution in [-0.2, 0) is 0 Å². The van der Waals surface area contributed by atoms with Gasteiger partial charge in [0.1, 0.15) is 17.5 Å². The summed E-state index contributed by atoms with van der Waals surface area (Å²) in [6.45, 7) is 4.54. The number of rotatable bonds is 5. The van der Waals surface area contributed by atoms with E-state index in [1.165, 1.54) is 12.7 Å². The molecule has 1 rings (SSSR count). The molecule has 1 aromatic heterocycles. The lowest BCUT2D eigenvalue weighted by molar-refractivity contribution is 0.589. The Labute approximate surface area is 99.3 Å². The van der Waals surface area contributed by atoms with Crippen molar-refractivity contribution in [3.63, 3.8) is 0 Å². The Morgan fingerprint density at radius 2 is 2.19 bits per heavy atom. The van der Waals surface area contributed by atoms with Crippen molar-refractivity contribution in [3.8, 4) is 6.07 Å². The van der Waals surface area contributed by atoms with Gasteiger partial charge in [-0.25, -0.2) is 20.4 Å². The number of alkyl halides is 1. The van der Waals surface area contributed by atoms with E-state index in [-0.39, 0.29) is 6.54 Å². The van der Waals surface area contributed by atoms with E-state index < -0.39 is 4.87 Å². The maximum absolute atomic E-state index is 8.87. The fraction of sp³-hybridized carbons (Fsp3) is 0.556. The second-order valence-corrected chi connectivity index (χ2v) is 4.18. The van der Waals surface area contributed by atoms with Crippen molar-refractivity contribution in [1.82, 2.24) is 20.4 Å². The fourth-order valence-corrected chi connectivity index (χ4v) is 1.21. The summed E-state index contributed by atoms with van der Waals surface area (Å²) in [6.07, 6.45) is 2.79. The smallest absolute Gasteiger partial charge is 0.243 e. The number of aromatic nitrogens is 3. The maximum Gasteiger partial charge on any atom is 0.243 e. The summed E-state index contributed by atoms with van der Waals surface area (Å²) in [4.78, 5) is 10.7. The summed E-state index contributed by atoms with van der Waals surface area (Å²) in [7, 11) is 0. The van der Waals surface area contributed by atoms with E-state index >= 15 is 0 Å². The topological polar surface area (TPSA) is 77.7 Å². The van der Waals surface area contributed by atoms with Crippen molar-refractivity contribution in [2.75, 3.05) is 18.1 Å². The van der Waals surface area contributed by atoms with Crippen molar-refractivity contribution < 1.29 is 0 Å². The summed E-state index contributed by atoms with van der Waals surface area (Å²) in [6, 6.07) is 2.01. The van der Waals surface area contributed by atoms with E-state index in [1.807, 2.05) is 13.0 Å². The molecule has 0 bridgehead atoms. The van der Waals surface area contributed by atoms with Crippen LogP contribution in [0.2, 0.25) is 0 Å². The predicted octanol–water partition coefficient (Wildman–Crippen LogP) is 0.724. The Morgan fingerprint density at radius 3 is 2.69 bits per heavy atom. The third-order valence-electron chi connectivity index (χ3n) is 1.76. The van der Waals surface area contributed by atoms with Gasteiger partial charge in [-0.05, 0) is 6.92 Å². The van der Waals surface area contributed by atoms with Gasteiger partial charge in [0.15, 0.2) is 0 Å².